The van der Waals surface area contributed by atoms with Gasteiger partial charge in [0.2, 0.25) is 11.6 Å². The maximum absolute atomic E-state index is 13.1. The lowest BCUT2D eigenvalue weighted by molar-refractivity contribution is -0.138. The Morgan fingerprint density at radius 2 is 2.00 bits per heavy atom. The second kappa shape index (κ2) is 9.30. The Morgan fingerprint density at radius 1 is 1.23 bits per heavy atom. The van der Waals surface area contributed by atoms with Gasteiger partial charge in [-0.05, 0) is 36.8 Å². The van der Waals surface area contributed by atoms with Crippen LogP contribution < -0.4 is 5.32 Å². The van der Waals surface area contributed by atoms with Crippen LogP contribution in [0.25, 0.3) is 0 Å². The standard InChI is InChI=1S/C22H19F3N2O3/c1-26-18(16-10-6-3-7-11-16)21(30-14-15-8-4-2-5-9-15)27-20(28)19-17(12-13-29-19)22(23,24)25/h2-6,8-10,12-13H,1,7,11,14H2,(H,27,28)/b21-18-. The van der Waals surface area contributed by atoms with Gasteiger partial charge in [0, 0.05) is 0 Å². The smallest absolute Gasteiger partial charge is 0.420 e. The minimum absolute atomic E-state index is 0.0723. The van der Waals surface area contributed by atoms with Crippen molar-refractivity contribution in [2.24, 2.45) is 4.99 Å². The first-order valence-corrected chi connectivity index (χ1v) is 9.10. The lowest BCUT2D eigenvalue weighted by Gasteiger charge is -2.17. The van der Waals surface area contributed by atoms with Gasteiger partial charge >= 0.3 is 6.18 Å². The largest absolute Gasteiger partial charge is 0.473 e. The molecule has 1 aromatic heterocycles. The molecule has 0 aliphatic heterocycles. The number of nitrogens with one attached hydrogen (secondary N) is 1. The van der Waals surface area contributed by atoms with Crippen molar-refractivity contribution in [3.63, 3.8) is 0 Å². The third-order valence-corrected chi connectivity index (χ3v) is 4.32. The summed E-state index contributed by atoms with van der Waals surface area (Å²) in [5.74, 6) is -2.04. The number of allylic oxidation sites excluding steroid dienone is 4. The Kier molecular flexibility index (Phi) is 6.56. The van der Waals surface area contributed by atoms with Gasteiger partial charge in [0.05, 0.1) is 6.26 Å². The molecule has 2 aromatic rings. The molecule has 0 bridgehead atoms. The van der Waals surface area contributed by atoms with Crippen molar-refractivity contribution >= 4 is 12.6 Å². The van der Waals surface area contributed by atoms with E-state index in [9.17, 15) is 18.0 Å². The Morgan fingerprint density at radius 3 is 2.63 bits per heavy atom. The molecule has 0 unspecified atom stereocenters. The number of furan rings is 1. The van der Waals surface area contributed by atoms with Crippen LogP contribution in [0, 0.1) is 0 Å². The molecule has 1 aliphatic carbocycles. The molecule has 1 aliphatic rings. The van der Waals surface area contributed by atoms with Crippen LogP contribution in [-0.2, 0) is 17.5 Å². The second-order valence-electron chi connectivity index (χ2n) is 6.38. The summed E-state index contributed by atoms with van der Waals surface area (Å²) in [5, 5.41) is 2.38. The fourth-order valence-electron chi connectivity index (χ4n) is 2.88. The summed E-state index contributed by atoms with van der Waals surface area (Å²) in [6.07, 6.45) is 3.03. The number of carbonyl (C=O) groups excluding carboxylic acids is 1. The zero-order valence-electron chi connectivity index (χ0n) is 15.9. The van der Waals surface area contributed by atoms with E-state index in [1.54, 1.807) is 6.08 Å². The molecule has 8 heteroatoms. The number of benzene rings is 1. The van der Waals surface area contributed by atoms with Crippen LogP contribution in [0.3, 0.4) is 0 Å². The van der Waals surface area contributed by atoms with E-state index in [0.717, 1.165) is 23.8 Å². The summed E-state index contributed by atoms with van der Waals surface area (Å²) in [6, 6.07) is 9.81. The van der Waals surface area contributed by atoms with E-state index in [1.165, 1.54) is 0 Å². The fourth-order valence-corrected chi connectivity index (χ4v) is 2.88. The fraction of sp³-hybridized carbons (Fsp3) is 0.182. The quantitative estimate of drug-likeness (QED) is 0.486. The Balaban J connectivity index is 1.93. The number of alkyl halides is 3. The minimum Gasteiger partial charge on any atom is -0.473 e. The molecule has 5 nitrogen and oxygen atoms in total. The highest BCUT2D eigenvalue weighted by atomic mass is 19.4. The molecular weight excluding hydrogens is 397 g/mol. The topological polar surface area (TPSA) is 63.8 Å². The molecule has 1 amide bonds. The van der Waals surface area contributed by atoms with E-state index < -0.39 is 23.4 Å². The van der Waals surface area contributed by atoms with Crippen molar-refractivity contribution in [1.29, 1.82) is 0 Å². The number of aliphatic imine (C=N–C) groups is 1. The maximum atomic E-state index is 13.1. The number of halogens is 3. The van der Waals surface area contributed by atoms with E-state index in [1.807, 2.05) is 42.5 Å². The number of rotatable bonds is 7. The van der Waals surface area contributed by atoms with Crippen molar-refractivity contribution in [3.8, 4) is 0 Å². The molecule has 0 spiro atoms. The van der Waals surface area contributed by atoms with Crippen LogP contribution in [0.15, 0.2) is 87.5 Å². The summed E-state index contributed by atoms with van der Waals surface area (Å²) < 4.78 is 50.0. The van der Waals surface area contributed by atoms with E-state index in [4.69, 9.17) is 9.15 Å². The second-order valence-corrected chi connectivity index (χ2v) is 6.38. The molecule has 3 rings (SSSR count). The van der Waals surface area contributed by atoms with Gasteiger partial charge < -0.3 is 9.15 Å². The van der Waals surface area contributed by atoms with E-state index in [-0.39, 0.29) is 18.2 Å². The minimum atomic E-state index is -4.73. The summed E-state index contributed by atoms with van der Waals surface area (Å²) in [5.41, 5.74) is 0.629. The molecule has 1 heterocycles. The normalized spacial score (nSPS) is 14.6. The molecular formula is C22H19F3N2O3. The van der Waals surface area contributed by atoms with E-state index >= 15 is 0 Å². The molecule has 1 aromatic carbocycles. The number of amides is 1. The number of ether oxygens (including phenoxy) is 1. The Bertz CT molecular complexity index is 1000. The Labute approximate surface area is 171 Å². The molecule has 0 radical (unpaired) electrons. The zero-order valence-corrected chi connectivity index (χ0v) is 15.9. The molecule has 30 heavy (non-hydrogen) atoms. The van der Waals surface area contributed by atoms with Crippen LogP contribution in [0.1, 0.15) is 34.5 Å². The van der Waals surface area contributed by atoms with Crippen molar-refractivity contribution in [3.05, 3.63) is 94.9 Å². The van der Waals surface area contributed by atoms with Crippen LogP contribution in [-0.4, -0.2) is 12.6 Å². The monoisotopic (exact) mass is 416 g/mol. The average molecular weight is 416 g/mol. The van der Waals surface area contributed by atoms with Gasteiger partial charge in [-0.25, -0.2) is 0 Å². The third kappa shape index (κ3) is 5.08. The highest BCUT2D eigenvalue weighted by Crippen LogP contribution is 2.33. The van der Waals surface area contributed by atoms with Crippen LogP contribution in [0.2, 0.25) is 0 Å². The zero-order chi connectivity index (χ0) is 21.6. The van der Waals surface area contributed by atoms with Crippen molar-refractivity contribution < 1.29 is 27.1 Å². The van der Waals surface area contributed by atoms with Gasteiger partial charge in [-0.15, -0.1) is 0 Å². The van der Waals surface area contributed by atoms with Crippen molar-refractivity contribution in [1.82, 2.24) is 5.32 Å². The number of hydrogen-bond acceptors (Lipinski definition) is 4. The van der Waals surface area contributed by atoms with Gasteiger partial charge in [-0.2, -0.15) is 13.2 Å². The first kappa shape index (κ1) is 21.2. The summed E-state index contributed by atoms with van der Waals surface area (Å²) in [4.78, 5) is 16.5. The van der Waals surface area contributed by atoms with Crippen LogP contribution >= 0.6 is 0 Å². The van der Waals surface area contributed by atoms with Crippen LogP contribution in [0.5, 0.6) is 0 Å². The van der Waals surface area contributed by atoms with Gasteiger partial charge in [0.15, 0.2) is 0 Å². The van der Waals surface area contributed by atoms with Crippen LogP contribution in [0.4, 0.5) is 13.2 Å². The summed E-state index contributed by atoms with van der Waals surface area (Å²) >= 11 is 0. The lowest BCUT2D eigenvalue weighted by atomic mass is 10.0. The van der Waals surface area contributed by atoms with Gasteiger partial charge in [-0.3, -0.25) is 15.1 Å². The molecule has 1 N–H and O–H groups in total. The highest BCUT2D eigenvalue weighted by Gasteiger charge is 2.38. The number of hydrogen-bond donors (Lipinski definition) is 1. The van der Waals surface area contributed by atoms with E-state index in [0.29, 0.717) is 12.5 Å². The molecule has 0 atom stereocenters. The van der Waals surface area contributed by atoms with Gasteiger partial charge in [-0.1, -0.05) is 48.6 Å². The first-order valence-electron chi connectivity index (χ1n) is 9.10. The first-order chi connectivity index (χ1) is 14.4. The molecule has 0 saturated heterocycles. The van der Waals surface area contributed by atoms with Gasteiger partial charge in [0.25, 0.3) is 5.91 Å². The molecule has 0 saturated carbocycles. The number of carbonyl (C=O) groups is 1. The summed E-state index contributed by atoms with van der Waals surface area (Å²) in [7, 11) is 0. The lowest BCUT2D eigenvalue weighted by Crippen LogP contribution is -2.27. The van der Waals surface area contributed by atoms with Crippen molar-refractivity contribution in [2.45, 2.75) is 25.6 Å². The SMILES string of the molecule is C=N/C(C1=CC=CCC1)=C(/NC(=O)c1occc1C(F)(F)F)OCc1ccccc1. The predicted molar refractivity (Wildman–Crippen MR) is 105 cm³/mol. The number of nitrogens with zero attached hydrogens (tertiary/aromatic N) is 1. The van der Waals surface area contributed by atoms with Crippen molar-refractivity contribution in [2.75, 3.05) is 0 Å². The maximum Gasteiger partial charge on any atom is 0.420 e. The average Bonchev–Trinajstić information content (AvgIpc) is 3.25. The summed E-state index contributed by atoms with van der Waals surface area (Å²) in [6.45, 7) is 3.60. The molecule has 0 fully saturated rings. The van der Waals surface area contributed by atoms with E-state index in [2.05, 4.69) is 17.0 Å². The Hall–Kier alpha value is -3.55. The van der Waals surface area contributed by atoms with Gasteiger partial charge in [0.1, 0.15) is 17.9 Å². The highest BCUT2D eigenvalue weighted by molar-refractivity contribution is 5.94. The third-order valence-electron chi connectivity index (χ3n) is 4.32. The predicted octanol–water partition coefficient (Wildman–Crippen LogP) is 5.39. The molecule has 156 valence electrons.